The fourth-order valence-corrected chi connectivity index (χ4v) is 2.25. The zero-order valence-corrected chi connectivity index (χ0v) is 9.40. The van der Waals surface area contributed by atoms with Crippen molar-refractivity contribution < 1.29 is 0 Å². The third kappa shape index (κ3) is 2.03. The Morgan fingerprint density at radius 2 is 2.46 bits per heavy atom. The predicted octanol–water partition coefficient (Wildman–Crippen LogP) is 2.57. The van der Waals surface area contributed by atoms with Crippen molar-refractivity contribution in [1.29, 1.82) is 0 Å². The van der Waals surface area contributed by atoms with Crippen LogP contribution >= 0.6 is 27.5 Å². The molecule has 0 amide bonds. The molecule has 70 valence electrons. The number of rotatable bonds is 1. The maximum Gasteiger partial charge on any atom is 0.132 e. The summed E-state index contributed by atoms with van der Waals surface area (Å²) in [5.74, 6) is 0.525. The van der Waals surface area contributed by atoms with Crippen LogP contribution in [0.5, 0.6) is 0 Å². The molecule has 1 aromatic heterocycles. The van der Waals surface area contributed by atoms with Gasteiger partial charge >= 0.3 is 0 Å². The number of hydrogen-bond donors (Lipinski definition) is 1. The van der Waals surface area contributed by atoms with E-state index in [9.17, 15) is 0 Å². The summed E-state index contributed by atoms with van der Waals surface area (Å²) in [6.07, 6.45) is 2.88. The van der Waals surface area contributed by atoms with Gasteiger partial charge in [-0.3, -0.25) is 0 Å². The van der Waals surface area contributed by atoms with E-state index >= 15 is 0 Å². The van der Waals surface area contributed by atoms with Crippen molar-refractivity contribution in [2.75, 3.05) is 13.1 Å². The van der Waals surface area contributed by atoms with Crippen LogP contribution in [0.25, 0.3) is 0 Å². The Morgan fingerprint density at radius 1 is 1.62 bits per heavy atom. The summed E-state index contributed by atoms with van der Waals surface area (Å²) in [6, 6.07) is 2.06. The molecule has 1 aliphatic rings. The number of pyridine rings is 1. The van der Waals surface area contributed by atoms with Gasteiger partial charge < -0.3 is 5.32 Å². The lowest BCUT2D eigenvalue weighted by Gasteiger charge is -2.10. The van der Waals surface area contributed by atoms with Gasteiger partial charge in [-0.2, -0.15) is 0 Å². The highest BCUT2D eigenvalue weighted by molar-refractivity contribution is 9.10. The zero-order chi connectivity index (χ0) is 9.26. The smallest absolute Gasteiger partial charge is 0.132 e. The molecule has 1 fully saturated rings. The van der Waals surface area contributed by atoms with E-state index in [1.165, 1.54) is 0 Å². The minimum absolute atomic E-state index is 0.525. The molecule has 13 heavy (non-hydrogen) atoms. The largest absolute Gasteiger partial charge is 0.316 e. The number of halogens is 2. The van der Waals surface area contributed by atoms with Gasteiger partial charge in [0, 0.05) is 23.1 Å². The SMILES string of the molecule is Clc1ncc(Br)cc1C1CCNC1. The molecule has 4 heteroatoms. The summed E-state index contributed by atoms with van der Waals surface area (Å²) in [5.41, 5.74) is 1.15. The molecule has 1 aromatic rings. The van der Waals surface area contributed by atoms with Crippen molar-refractivity contribution >= 4 is 27.5 Å². The van der Waals surface area contributed by atoms with Crippen LogP contribution in [0.3, 0.4) is 0 Å². The number of hydrogen-bond acceptors (Lipinski definition) is 2. The van der Waals surface area contributed by atoms with E-state index in [1.54, 1.807) is 6.20 Å². The molecule has 1 unspecified atom stereocenters. The molecule has 1 atom stereocenters. The Balaban J connectivity index is 2.32. The van der Waals surface area contributed by atoms with E-state index in [-0.39, 0.29) is 0 Å². The van der Waals surface area contributed by atoms with Gasteiger partial charge in [0.2, 0.25) is 0 Å². The molecule has 2 heterocycles. The molecule has 0 radical (unpaired) electrons. The van der Waals surface area contributed by atoms with E-state index < -0.39 is 0 Å². The average Bonchev–Trinajstić information content (AvgIpc) is 2.61. The Bertz CT molecular complexity index is 310. The first-order valence-electron chi connectivity index (χ1n) is 4.29. The molecule has 1 saturated heterocycles. The van der Waals surface area contributed by atoms with Gasteiger partial charge in [-0.1, -0.05) is 11.6 Å². The second kappa shape index (κ2) is 3.95. The minimum Gasteiger partial charge on any atom is -0.316 e. The van der Waals surface area contributed by atoms with Crippen molar-refractivity contribution in [3.8, 4) is 0 Å². The summed E-state index contributed by atoms with van der Waals surface area (Å²) in [6.45, 7) is 2.09. The molecule has 2 rings (SSSR count). The Kier molecular flexibility index (Phi) is 2.86. The first-order chi connectivity index (χ1) is 6.27. The normalized spacial score (nSPS) is 22.2. The zero-order valence-electron chi connectivity index (χ0n) is 7.06. The van der Waals surface area contributed by atoms with Crippen LogP contribution in [0.1, 0.15) is 17.9 Å². The maximum atomic E-state index is 6.02. The van der Waals surface area contributed by atoms with Crippen LogP contribution in [-0.2, 0) is 0 Å². The standard InChI is InChI=1S/C9H10BrClN2/c10-7-3-8(9(11)13-5-7)6-1-2-12-4-6/h3,5-6,12H,1-2,4H2. The third-order valence-corrected chi connectivity index (χ3v) is 3.08. The van der Waals surface area contributed by atoms with E-state index in [1.807, 2.05) is 0 Å². The number of nitrogens with zero attached hydrogens (tertiary/aromatic N) is 1. The van der Waals surface area contributed by atoms with Crippen molar-refractivity contribution in [1.82, 2.24) is 10.3 Å². The summed E-state index contributed by atoms with van der Waals surface area (Å²) in [4.78, 5) is 4.11. The summed E-state index contributed by atoms with van der Waals surface area (Å²) in [5, 5.41) is 3.95. The van der Waals surface area contributed by atoms with Crippen molar-refractivity contribution in [2.45, 2.75) is 12.3 Å². The van der Waals surface area contributed by atoms with Crippen molar-refractivity contribution in [2.24, 2.45) is 0 Å². The summed E-state index contributed by atoms with van der Waals surface area (Å²) >= 11 is 9.42. The molecule has 0 aromatic carbocycles. The molecule has 2 nitrogen and oxygen atoms in total. The Hall–Kier alpha value is -0.120. The highest BCUT2D eigenvalue weighted by Gasteiger charge is 2.19. The van der Waals surface area contributed by atoms with Crippen LogP contribution in [0.2, 0.25) is 5.15 Å². The molecular formula is C9H10BrClN2. The second-order valence-corrected chi connectivity index (χ2v) is 4.50. The lowest BCUT2D eigenvalue weighted by Crippen LogP contribution is -2.08. The van der Waals surface area contributed by atoms with Crippen LogP contribution < -0.4 is 5.32 Å². The van der Waals surface area contributed by atoms with Gasteiger partial charge in [0.05, 0.1) is 0 Å². The van der Waals surface area contributed by atoms with Crippen LogP contribution in [0.4, 0.5) is 0 Å². The first-order valence-corrected chi connectivity index (χ1v) is 5.46. The quantitative estimate of drug-likeness (QED) is 0.786. The van der Waals surface area contributed by atoms with E-state index in [4.69, 9.17) is 11.6 Å². The van der Waals surface area contributed by atoms with Gasteiger partial charge in [-0.05, 0) is 40.5 Å². The fraction of sp³-hybridized carbons (Fsp3) is 0.444. The van der Waals surface area contributed by atoms with Gasteiger partial charge in [0.25, 0.3) is 0 Å². The molecule has 1 N–H and O–H groups in total. The van der Waals surface area contributed by atoms with Gasteiger partial charge in [0.15, 0.2) is 0 Å². The fourth-order valence-electron chi connectivity index (χ4n) is 1.64. The Labute approximate surface area is 90.8 Å². The first kappa shape index (κ1) is 9.44. The summed E-state index contributed by atoms with van der Waals surface area (Å²) in [7, 11) is 0. The van der Waals surface area contributed by atoms with Crippen molar-refractivity contribution in [3.05, 3.63) is 27.5 Å². The van der Waals surface area contributed by atoms with Crippen LogP contribution in [0, 0.1) is 0 Å². The van der Waals surface area contributed by atoms with Crippen LogP contribution in [-0.4, -0.2) is 18.1 Å². The molecule has 1 aliphatic heterocycles. The third-order valence-electron chi connectivity index (χ3n) is 2.33. The lowest BCUT2D eigenvalue weighted by molar-refractivity contribution is 0.758. The average molecular weight is 262 g/mol. The maximum absolute atomic E-state index is 6.02. The number of nitrogens with one attached hydrogen (secondary N) is 1. The summed E-state index contributed by atoms with van der Waals surface area (Å²) < 4.78 is 0.999. The van der Waals surface area contributed by atoms with Gasteiger partial charge in [0.1, 0.15) is 5.15 Å². The van der Waals surface area contributed by atoms with Crippen molar-refractivity contribution in [3.63, 3.8) is 0 Å². The molecule has 0 spiro atoms. The van der Waals surface area contributed by atoms with E-state index in [2.05, 4.69) is 32.3 Å². The highest BCUT2D eigenvalue weighted by atomic mass is 79.9. The van der Waals surface area contributed by atoms with E-state index in [0.717, 1.165) is 29.5 Å². The molecule has 0 saturated carbocycles. The molecule has 0 bridgehead atoms. The Morgan fingerprint density at radius 3 is 3.15 bits per heavy atom. The lowest BCUT2D eigenvalue weighted by atomic mass is 10.0. The second-order valence-electron chi connectivity index (χ2n) is 3.22. The van der Waals surface area contributed by atoms with Gasteiger partial charge in [-0.25, -0.2) is 4.98 Å². The molecular weight excluding hydrogens is 251 g/mol. The topological polar surface area (TPSA) is 24.9 Å². The monoisotopic (exact) mass is 260 g/mol. The van der Waals surface area contributed by atoms with E-state index in [0.29, 0.717) is 11.1 Å². The minimum atomic E-state index is 0.525. The van der Waals surface area contributed by atoms with Gasteiger partial charge in [-0.15, -0.1) is 0 Å². The van der Waals surface area contributed by atoms with Crippen LogP contribution in [0.15, 0.2) is 16.7 Å². The molecule has 0 aliphatic carbocycles. The number of aromatic nitrogens is 1. The highest BCUT2D eigenvalue weighted by Crippen LogP contribution is 2.29. The predicted molar refractivity (Wildman–Crippen MR) is 57.2 cm³/mol.